The second kappa shape index (κ2) is 5.70. The smallest absolute Gasteiger partial charge is 0.0784 e. The molecule has 0 spiro atoms. The predicted octanol–water partition coefficient (Wildman–Crippen LogP) is 3.40. The third kappa shape index (κ3) is 2.65. The maximum atomic E-state index is 6.35. The van der Waals surface area contributed by atoms with Gasteiger partial charge in [0.05, 0.1) is 17.4 Å². The van der Waals surface area contributed by atoms with Gasteiger partial charge in [0, 0.05) is 35.9 Å². The first-order chi connectivity index (χ1) is 10.1. The van der Waals surface area contributed by atoms with Gasteiger partial charge in [0.1, 0.15) is 0 Å². The van der Waals surface area contributed by atoms with Crippen LogP contribution in [0.4, 0.5) is 11.4 Å². The molecule has 0 radical (unpaired) electrons. The Morgan fingerprint density at radius 2 is 1.81 bits per heavy atom. The van der Waals surface area contributed by atoms with E-state index in [0.717, 1.165) is 13.1 Å². The van der Waals surface area contributed by atoms with Crippen LogP contribution in [0.5, 0.6) is 0 Å². The number of hydrogen-bond acceptors (Lipinski definition) is 4. The number of anilines is 2. The molecule has 1 aliphatic heterocycles. The van der Waals surface area contributed by atoms with Crippen molar-refractivity contribution in [3.8, 4) is 0 Å². The molecular formula is C17H23N3S. The van der Waals surface area contributed by atoms with Gasteiger partial charge in [-0.3, -0.25) is 0 Å². The number of nitrogens with zero attached hydrogens (tertiary/aromatic N) is 2. The highest BCUT2D eigenvalue weighted by molar-refractivity contribution is 7.12. The Bertz CT molecular complexity index is 620. The molecule has 2 aromatic rings. The van der Waals surface area contributed by atoms with Crippen molar-refractivity contribution in [1.82, 2.24) is 0 Å². The monoisotopic (exact) mass is 301 g/mol. The number of nitrogens with two attached hydrogens (primary N) is 1. The number of benzene rings is 1. The predicted molar refractivity (Wildman–Crippen MR) is 92.5 cm³/mol. The lowest BCUT2D eigenvalue weighted by Crippen LogP contribution is -2.46. The summed E-state index contributed by atoms with van der Waals surface area (Å²) in [6.45, 7) is 6.31. The summed E-state index contributed by atoms with van der Waals surface area (Å²) in [7, 11) is 2.16. The van der Waals surface area contributed by atoms with E-state index < -0.39 is 0 Å². The average molecular weight is 301 g/mol. The molecule has 1 aliphatic rings. The normalized spacial score (nSPS) is 17.5. The molecule has 21 heavy (non-hydrogen) atoms. The lowest BCUT2D eigenvalue weighted by atomic mass is 10.0. The molecule has 2 unspecified atom stereocenters. The summed E-state index contributed by atoms with van der Waals surface area (Å²) in [5.74, 6) is 0. The summed E-state index contributed by atoms with van der Waals surface area (Å²) >= 11 is 1.86. The van der Waals surface area contributed by atoms with Gasteiger partial charge >= 0.3 is 0 Å². The SMILES string of the molecule is Cc1ccc(C(C(C)N)N2CCN(C)c3ccccc32)s1. The first kappa shape index (κ1) is 14.4. The van der Waals surface area contributed by atoms with Gasteiger partial charge < -0.3 is 15.5 Å². The van der Waals surface area contributed by atoms with E-state index in [9.17, 15) is 0 Å². The first-order valence-electron chi connectivity index (χ1n) is 7.46. The number of likely N-dealkylation sites (N-methyl/N-ethyl adjacent to an activating group) is 1. The van der Waals surface area contributed by atoms with E-state index in [1.54, 1.807) is 0 Å². The molecule has 2 N–H and O–H groups in total. The second-order valence-electron chi connectivity index (χ2n) is 5.86. The topological polar surface area (TPSA) is 32.5 Å². The number of hydrogen-bond donors (Lipinski definition) is 1. The van der Waals surface area contributed by atoms with Crippen molar-refractivity contribution in [3.05, 3.63) is 46.2 Å². The quantitative estimate of drug-likeness (QED) is 0.943. The van der Waals surface area contributed by atoms with Crippen molar-refractivity contribution in [2.75, 3.05) is 29.9 Å². The highest BCUT2D eigenvalue weighted by Gasteiger charge is 2.30. The third-order valence-corrected chi connectivity index (χ3v) is 5.24. The largest absolute Gasteiger partial charge is 0.371 e. The second-order valence-corrected chi connectivity index (χ2v) is 7.18. The zero-order valence-electron chi connectivity index (χ0n) is 12.9. The highest BCUT2D eigenvalue weighted by Crippen LogP contribution is 2.39. The van der Waals surface area contributed by atoms with E-state index in [4.69, 9.17) is 5.73 Å². The molecule has 3 nitrogen and oxygen atoms in total. The van der Waals surface area contributed by atoms with Crippen molar-refractivity contribution < 1.29 is 0 Å². The molecule has 0 fully saturated rings. The van der Waals surface area contributed by atoms with Gasteiger partial charge in [0.2, 0.25) is 0 Å². The zero-order chi connectivity index (χ0) is 15.0. The Kier molecular flexibility index (Phi) is 3.91. The molecule has 112 valence electrons. The lowest BCUT2D eigenvalue weighted by molar-refractivity contribution is 0.529. The molecule has 2 atom stereocenters. The van der Waals surface area contributed by atoms with E-state index in [2.05, 4.69) is 67.1 Å². The summed E-state index contributed by atoms with van der Waals surface area (Å²) in [5.41, 5.74) is 8.94. The molecule has 2 heterocycles. The van der Waals surface area contributed by atoms with Gasteiger partial charge in [-0.2, -0.15) is 0 Å². The number of fused-ring (bicyclic) bond motifs is 1. The third-order valence-electron chi connectivity index (χ3n) is 4.17. The fraction of sp³-hybridized carbons (Fsp3) is 0.412. The molecule has 0 bridgehead atoms. The molecule has 0 amide bonds. The minimum Gasteiger partial charge on any atom is -0.371 e. The van der Waals surface area contributed by atoms with E-state index in [0.29, 0.717) is 0 Å². The van der Waals surface area contributed by atoms with Crippen LogP contribution in [-0.4, -0.2) is 26.2 Å². The van der Waals surface area contributed by atoms with E-state index >= 15 is 0 Å². The first-order valence-corrected chi connectivity index (χ1v) is 8.28. The van der Waals surface area contributed by atoms with E-state index in [1.165, 1.54) is 21.1 Å². The van der Waals surface area contributed by atoms with Gasteiger partial charge in [-0.1, -0.05) is 12.1 Å². The molecule has 0 aliphatic carbocycles. The summed E-state index contributed by atoms with van der Waals surface area (Å²) < 4.78 is 0. The molecule has 1 aromatic carbocycles. The summed E-state index contributed by atoms with van der Waals surface area (Å²) in [6, 6.07) is 13.4. The molecule has 0 saturated carbocycles. The number of para-hydroxylation sites is 2. The van der Waals surface area contributed by atoms with Crippen LogP contribution in [-0.2, 0) is 0 Å². The molecule has 1 aromatic heterocycles. The minimum atomic E-state index is 0.0968. The van der Waals surface area contributed by atoms with Crippen LogP contribution in [0.25, 0.3) is 0 Å². The molecule has 3 rings (SSSR count). The molecular weight excluding hydrogens is 278 g/mol. The number of rotatable bonds is 3. The van der Waals surface area contributed by atoms with Crippen molar-refractivity contribution in [2.45, 2.75) is 25.9 Å². The Hall–Kier alpha value is -1.52. The molecule has 0 saturated heterocycles. The van der Waals surface area contributed by atoms with Gasteiger partial charge in [-0.15, -0.1) is 11.3 Å². The Morgan fingerprint density at radius 1 is 1.10 bits per heavy atom. The van der Waals surface area contributed by atoms with Crippen LogP contribution in [0.1, 0.15) is 22.7 Å². The maximum absolute atomic E-state index is 6.35. The van der Waals surface area contributed by atoms with Crippen molar-refractivity contribution in [1.29, 1.82) is 0 Å². The summed E-state index contributed by atoms with van der Waals surface area (Å²) in [5, 5.41) is 0. The van der Waals surface area contributed by atoms with Crippen LogP contribution in [0.15, 0.2) is 36.4 Å². The van der Waals surface area contributed by atoms with Gasteiger partial charge in [-0.05, 0) is 38.1 Å². The maximum Gasteiger partial charge on any atom is 0.0784 e. The van der Waals surface area contributed by atoms with Crippen molar-refractivity contribution in [2.24, 2.45) is 5.73 Å². The van der Waals surface area contributed by atoms with Crippen LogP contribution < -0.4 is 15.5 Å². The van der Waals surface area contributed by atoms with Crippen LogP contribution in [0.3, 0.4) is 0 Å². The van der Waals surface area contributed by atoms with Crippen LogP contribution in [0, 0.1) is 6.92 Å². The van der Waals surface area contributed by atoms with Crippen LogP contribution in [0.2, 0.25) is 0 Å². The lowest BCUT2D eigenvalue weighted by Gasteiger charge is -2.42. The van der Waals surface area contributed by atoms with Crippen LogP contribution >= 0.6 is 11.3 Å². The fourth-order valence-electron chi connectivity index (χ4n) is 3.13. The van der Waals surface area contributed by atoms with Gasteiger partial charge in [0.25, 0.3) is 0 Å². The van der Waals surface area contributed by atoms with Gasteiger partial charge in [0.15, 0.2) is 0 Å². The number of aryl methyl sites for hydroxylation is 1. The van der Waals surface area contributed by atoms with Crippen molar-refractivity contribution in [3.63, 3.8) is 0 Å². The number of thiophene rings is 1. The Balaban J connectivity index is 2.03. The average Bonchev–Trinajstić information content (AvgIpc) is 2.88. The fourth-order valence-corrected chi connectivity index (χ4v) is 4.23. The minimum absolute atomic E-state index is 0.0968. The summed E-state index contributed by atoms with van der Waals surface area (Å²) in [4.78, 5) is 7.51. The Morgan fingerprint density at radius 3 is 2.43 bits per heavy atom. The summed E-state index contributed by atoms with van der Waals surface area (Å²) in [6.07, 6.45) is 0. The van der Waals surface area contributed by atoms with E-state index in [-0.39, 0.29) is 12.1 Å². The Labute approximate surface area is 131 Å². The highest BCUT2D eigenvalue weighted by atomic mass is 32.1. The van der Waals surface area contributed by atoms with Gasteiger partial charge in [-0.25, -0.2) is 0 Å². The van der Waals surface area contributed by atoms with Crippen molar-refractivity contribution >= 4 is 22.7 Å². The molecule has 4 heteroatoms. The zero-order valence-corrected chi connectivity index (χ0v) is 13.7. The van der Waals surface area contributed by atoms with E-state index in [1.807, 2.05) is 11.3 Å². The standard InChI is InChI=1S/C17H23N3S/c1-12-8-9-16(21-12)17(13(2)18)20-11-10-19(3)14-6-4-5-7-15(14)20/h4-9,13,17H,10-11,18H2,1-3H3.